The molecule has 1 unspecified atom stereocenters. The van der Waals surface area contributed by atoms with Crippen LogP contribution >= 0.6 is 35.0 Å². The van der Waals surface area contributed by atoms with Crippen molar-refractivity contribution in [1.29, 1.82) is 0 Å². The molecule has 4 heterocycles. The van der Waals surface area contributed by atoms with Gasteiger partial charge in [-0.2, -0.15) is 0 Å². The number of amides is 2. The number of hydrogen-bond donors (Lipinski definition) is 2. The van der Waals surface area contributed by atoms with E-state index in [0.29, 0.717) is 57.9 Å². The number of thioether (sulfide) groups is 1. The quantitative estimate of drug-likeness (QED) is 0.376. The van der Waals surface area contributed by atoms with Gasteiger partial charge in [0.2, 0.25) is 11.9 Å². The van der Waals surface area contributed by atoms with E-state index in [1.165, 1.54) is 22.9 Å². The molecule has 0 spiro atoms. The molecule has 2 amide bonds. The first-order chi connectivity index (χ1) is 19.5. The highest BCUT2D eigenvalue weighted by atomic mass is 35.5. The number of halogens is 2. The normalized spacial score (nSPS) is 18.8. The molecular formula is C28H28Cl2N6O3S. The lowest BCUT2D eigenvalue weighted by molar-refractivity contribution is -0.125. The van der Waals surface area contributed by atoms with Gasteiger partial charge in [-0.1, -0.05) is 47.1 Å². The zero-order valence-electron chi connectivity index (χ0n) is 21.7. The van der Waals surface area contributed by atoms with Crippen LogP contribution in [-0.4, -0.2) is 65.4 Å². The molecule has 12 heteroatoms. The molecule has 1 fully saturated rings. The Morgan fingerprint density at radius 1 is 1.18 bits per heavy atom. The van der Waals surface area contributed by atoms with Crippen molar-refractivity contribution in [3.8, 4) is 0 Å². The topological polar surface area (TPSA) is 99.7 Å². The Morgan fingerprint density at radius 3 is 2.83 bits per heavy atom. The van der Waals surface area contributed by atoms with Crippen molar-refractivity contribution in [1.82, 2.24) is 20.2 Å². The lowest BCUT2D eigenvalue weighted by Crippen LogP contribution is -2.39. The molecule has 208 valence electrons. The molecule has 3 aliphatic rings. The fraction of sp³-hybridized carbons (Fsp3) is 0.357. The monoisotopic (exact) mass is 598 g/mol. The minimum Gasteiger partial charge on any atom is -0.381 e. The molecule has 3 aliphatic heterocycles. The number of aromatic nitrogens is 2. The Hall–Kier alpha value is -2.89. The molecule has 2 N–H and O–H groups in total. The Labute approximate surface area is 246 Å². The summed E-state index contributed by atoms with van der Waals surface area (Å²) in [5.74, 6) is 0.603. The van der Waals surface area contributed by atoms with E-state index in [9.17, 15) is 9.59 Å². The lowest BCUT2D eigenvalue weighted by Gasteiger charge is -2.29. The van der Waals surface area contributed by atoms with Gasteiger partial charge in [-0.25, -0.2) is 9.97 Å². The van der Waals surface area contributed by atoms with E-state index in [1.807, 2.05) is 6.07 Å². The molecule has 3 aromatic rings. The Bertz CT molecular complexity index is 1430. The van der Waals surface area contributed by atoms with Gasteiger partial charge in [0.1, 0.15) is 5.03 Å². The molecular weight excluding hydrogens is 571 g/mol. The number of nitrogens with one attached hydrogen (secondary N) is 2. The van der Waals surface area contributed by atoms with Crippen LogP contribution in [0.5, 0.6) is 0 Å². The Morgan fingerprint density at radius 2 is 2.02 bits per heavy atom. The molecule has 1 atom stereocenters. The summed E-state index contributed by atoms with van der Waals surface area (Å²) < 4.78 is 5.32. The molecule has 0 bridgehead atoms. The number of benzene rings is 2. The maximum Gasteiger partial charge on any atom is 0.263 e. The first kappa shape index (κ1) is 27.3. The zero-order chi connectivity index (χ0) is 27.6. The second-order valence-corrected chi connectivity index (χ2v) is 11.7. The predicted octanol–water partition coefficient (Wildman–Crippen LogP) is 4.75. The van der Waals surface area contributed by atoms with Crippen molar-refractivity contribution in [2.45, 2.75) is 24.4 Å². The van der Waals surface area contributed by atoms with Crippen LogP contribution in [0, 0.1) is 5.92 Å². The van der Waals surface area contributed by atoms with Crippen LogP contribution in [-0.2, 0) is 22.5 Å². The molecule has 2 aromatic carbocycles. The number of anilines is 3. The third-order valence-corrected chi connectivity index (χ3v) is 8.93. The number of fused-ring (bicyclic) bond motifs is 2. The molecule has 1 saturated heterocycles. The van der Waals surface area contributed by atoms with Crippen molar-refractivity contribution in [3.05, 3.63) is 69.3 Å². The van der Waals surface area contributed by atoms with Crippen molar-refractivity contribution < 1.29 is 14.3 Å². The average molecular weight is 600 g/mol. The third kappa shape index (κ3) is 5.77. The lowest BCUT2D eigenvalue weighted by atomic mass is 9.99. The minimum atomic E-state index is -0.239. The van der Waals surface area contributed by atoms with E-state index in [1.54, 1.807) is 29.3 Å². The number of nitrogens with zero attached hydrogens (tertiary/aromatic N) is 4. The van der Waals surface area contributed by atoms with Crippen LogP contribution < -0.4 is 15.5 Å². The number of carbonyl (C=O) groups excluding carboxylic acids is 2. The first-order valence-electron chi connectivity index (χ1n) is 13.2. The van der Waals surface area contributed by atoms with Crippen molar-refractivity contribution in [2.24, 2.45) is 5.92 Å². The molecule has 0 aliphatic carbocycles. The van der Waals surface area contributed by atoms with Crippen LogP contribution in [0.1, 0.15) is 27.9 Å². The summed E-state index contributed by atoms with van der Waals surface area (Å²) in [6, 6.07) is 11.5. The Balaban J connectivity index is 1.09. The molecule has 0 radical (unpaired) electrons. The number of carbonyl (C=O) groups is 2. The second kappa shape index (κ2) is 11.9. The van der Waals surface area contributed by atoms with Crippen LogP contribution in [0.4, 0.5) is 17.3 Å². The summed E-state index contributed by atoms with van der Waals surface area (Å²) in [5, 5.41) is 7.79. The molecule has 0 saturated carbocycles. The largest absolute Gasteiger partial charge is 0.381 e. The van der Waals surface area contributed by atoms with Crippen LogP contribution in [0.25, 0.3) is 0 Å². The van der Waals surface area contributed by atoms with Crippen LogP contribution in [0.15, 0.2) is 47.6 Å². The molecule has 40 heavy (non-hydrogen) atoms. The SMILES string of the molecule is O=C(NCCN1CCc2ccc(Nc3ncc4c(n3)SCN(c3c(Cl)cccc3Cl)C4=O)cc2C1)C1CCOC1. The highest BCUT2D eigenvalue weighted by molar-refractivity contribution is 7.99. The third-order valence-electron chi connectivity index (χ3n) is 7.35. The van der Waals surface area contributed by atoms with Crippen LogP contribution in [0.2, 0.25) is 10.0 Å². The fourth-order valence-corrected chi connectivity index (χ4v) is 6.71. The van der Waals surface area contributed by atoms with E-state index in [0.717, 1.165) is 38.2 Å². The standard InChI is InChI=1S/C28H28Cl2N6O3S/c29-22-2-1-3-23(30)24(22)36-16-40-26-21(27(36)38)13-32-28(34-26)33-20-5-4-17-6-9-35(14-19(17)12-20)10-8-31-25(37)18-7-11-39-15-18/h1-5,12-13,18H,6-11,14-16H2,(H,31,37)(H,32,33,34). The van der Waals surface area contributed by atoms with Gasteiger partial charge in [0.05, 0.1) is 39.7 Å². The number of hydrogen-bond acceptors (Lipinski definition) is 8. The number of rotatable bonds is 7. The summed E-state index contributed by atoms with van der Waals surface area (Å²) in [7, 11) is 0. The van der Waals surface area contributed by atoms with Gasteiger partial charge in [0, 0.05) is 44.7 Å². The summed E-state index contributed by atoms with van der Waals surface area (Å²) in [4.78, 5) is 38.4. The Kier molecular flexibility index (Phi) is 8.13. The molecule has 1 aromatic heterocycles. The molecule has 9 nitrogen and oxygen atoms in total. The summed E-state index contributed by atoms with van der Waals surface area (Å²) >= 11 is 14.1. The summed E-state index contributed by atoms with van der Waals surface area (Å²) in [5.41, 5.74) is 4.34. The van der Waals surface area contributed by atoms with E-state index >= 15 is 0 Å². The smallest absolute Gasteiger partial charge is 0.263 e. The number of para-hydroxylation sites is 1. The van der Waals surface area contributed by atoms with Gasteiger partial charge in [0.25, 0.3) is 5.91 Å². The van der Waals surface area contributed by atoms with Crippen molar-refractivity contribution in [2.75, 3.05) is 48.9 Å². The van der Waals surface area contributed by atoms with Gasteiger partial charge >= 0.3 is 0 Å². The summed E-state index contributed by atoms with van der Waals surface area (Å²) in [6.45, 7) is 4.38. The van der Waals surface area contributed by atoms with Gasteiger partial charge in [-0.15, -0.1) is 0 Å². The van der Waals surface area contributed by atoms with Crippen LogP contribution in [0.3, 0.4) is 0 Å². The highest BCUT2D eigenvalue weighted by Crippen LogP contribution is 2.39. The number of ether oxygens (including phenoxy) is 1. The minimum absolute atomic E-state index is 0.0159. The summed E-state index contributed by atoms with van der Waals surface area (Å²) in [6.07, 6.45) is 3.31. The predicted molar refractivity (Wildman–Crippen MR) is 157 cm³/mol. The van der Waals surface area contributed by atoms with Crippen molar-refractivity contribution in [3.63, 3.8) is 0 Å². The maximum atomic E-state index is 13.2. The molecule has 6 rings (SSSR count). The first-order valence-corrected chi connectivity index (χ1v) is 14.9. The van der Waals surface area contributed by atoms with E-state index in [-0.39, 0.29) is 17.7 Å². The van der Waals surface area contributed by atoms with Gasteiger partial charge in [-0.3, -0.25) is 19.4 Å². The average Bonchev–Trinajstić information content (AvgIpc) is 3.49. The van der Waals surface area contributed by atoms with E-state index < -0.39 is 0 Å². The highest BCUT2D eigenvalue weighted by Gasteiger charge is 2.30. The fourth-order valence-electron chi connectivity index (χ4n) is 5.16. The van der Waals surface area contributed by atoms with E-state index in [4.69, 9.17) is 27.9 Å². The zero-order valence-corrected chi connectivity index (χ0v) is 24.0. The maximum absolute atomic E-state index is 13.2. The van der Waals surface area contributed by atoms with Gasteiger partial charge in [-0.05, 0) is 48.2 Å². The van der Waals surface area contributed by atoms with E-state index in [2.05, 4.69) is 37.6 Å². The van der Waals surface area contributed by atoms with Gasteiger partial charge in [0.15, 0.2) is 0 Å². The van der Waals surface area contributed by atoms with Crippen molar-refractivity contribution >= 4 is 64.1 Å². The second-order valence-electron chi connectivity index (χ2n) is 9.98. The van der Waals surface area contributed by atoms with Gasteiger partial charge < -0.3 is 15.4 Å².